The van der Waals surface area contributed by atoms with Crippen LogP contribution in [0, 0.1) is 19.3 Å². The summed E-state index contributed by atoms with van der Waals surface area (Å²) in [5, 5.41) is 10.2. The van der Waals surface area contributed by atoms with E-state index in [-0.39, 0.29) is 5.41 Å². The van der Waals surface area contributed by atoms with Crippen LogP contribution in [0.15, 0.2) is 18.2 Å². The third-order valence-corrected chi connectivity index (χ3v) is 3.11. The molecule has 0 aromatic heterocycles. The summed E-state index contributed by atoms with van der Waals surface area (Å²) in [6.45, 7) is 8.56. The van der Waals surface area contributed by atoms with Crippen LogP contribution in [0.2, 0.25) is 0 Å². The Bertz CT molecular complexity index is 344. The summed E-state index contributed by atoms with van der Waals surface area (Å²) in [6.07, 6.45) is -0.498. The van der Waals surface area contributed by atoms with Crippen molar-refractivity contribution in [1.82, 2.24) is 0 Å². The Labute approximate surface area is 92.1 Å². The zero-order valence-corrected chi connectivity index (χ0v) is 10.0. The molecule has 0 aliphatic heterocycles. The normalized spacial score (nSPS) is 14.0. The first kappa shape index (κ1) is 12.2. The van der Waals surface area contributed by atoms with Crippen molar-refractivity contribution in [1.29, 1.82) is 0 Å². The fraction of sp³-hybridized carbons (Fsp3) is 0.538. The Hall–Kier alpha value is -0.860. The smallest absolute Gasteiger partial charge is 0.0853 e. The molecule has 84 valence electrons. The summed E-state index contributed by atoms with van der Waals surface area (Å²) in [6, 6.07) is 6.06. The number of aliphatic hydroxyl groups excluding tert-OH is 1. The molecule has 1 aromatic rings. The molecule has 1 rings (SSSR count). The Balaban J connectivity index is 3.02. The Morgan fingerprint density at radius 1 is 1.27 bits per heavy atom. The average Bonchev–Trinajstić information content (AvgIpc) is 2.21. The first-order valence-corrected chi connectivity index (χ1v) is 5.34. The lowest BCUT2D eigenvalue weighted by Gasteiger charge is -2.29. The van der Waals surface area contributed by atoms with E-state index in [4.69, 9.17) is 5.73 Å². The molecule has 2 nitrogen and oxygen atoms in total. The Morgan fingerprint density at radius 3 is 2.33 bits per heavy atom. The van der Waals surface area contributed by atoms with Gasteiger partial charge in [0.1, 0.15) is 0 Å². The molecule has 2 heteroatoms. The highest BCUT2D eigenvalue weighted by atomic mass is 16.3. The summed E-state index contributed by atoms with van der Waals surface area (Å²) in [5.41, 5.74) is 8.78. The number of hydrogen-bond acceptors (Lipinski definition) is 2. The topological polar surface area (TPSA) is 46.2 Å². The summed E-state index contributed by atoms with van der Waals surface area (Å²) < 4.78 is 0. The van der Waals surface area contributed by atoms with E-state index in [1.54, 1.807) is 0 Å². The predicted molar refractivity (Wildman–Crippen MR) is 63.7 cm³/mol. The highest BCUT2D eigenvalue weighted by molar-refractivity contribution is 5.31. The van der Waals surface area contributed by atoms with E-state index in [9.17, 15) is 5.11 Å². The van der Waals surface area contributed by atoms with E-state index in [1.807, 2.05) is 32.0 Å². The van der Waals surface area contributed by atoms with E-state index < -0.39 is 6.10 Å². The van der Waals surface area contributed by atoms with E-state index in [0.717, 1.165) is 5.56 Å². The molecule has 0 radical (unpaired) electrons. The van der Waals surface area contributed by atoms with Crippen molar-refractivity contribution < 1.29 is 5.11 Å². The maximum atomic E-state index is 10.2. The van der Waals surface area contributed by atoms with Gasteiger partial charge in [0.15, 0.2) is 0 Å². The molecular formula is C13H21NO. The van der Waals surface area contributed by atoms with E-state index in [1.165, 1.54) is 11.1 Å². The van der Waals surface area contributed by atoms with Crippen molar-refractivity contribution in [3.05, 3.63) is 34.9 Å². The molecule has 0 saturated heterocycles. The molecule has 0 bridgehead atoms. The van der Waals surface area contributed by atoms with Crippen molar-refractivity contribution in [3.63, 3.8) is 0 Å². The molecule has 0 heterocycles. The van der Waals surface area contributed by atoms with Crippen LogP contribution in [0.1, 0.15) is 36.6 Å². The van der Waals surface area contributed by atoms with Gasteiger partial charge in [-0.2, -0.15) is 0 Å². The lowest BCUT2D eigenvalue weighted by Crippen LogP contribution is -2.30. The SMILES string of the molecule is Cc1ccc(C(O)C(C)(C)CN)cc1C. The van der Waals surface area contributed by atoms with Crippen molar-refractivity contribution >= 4 is 0 Å². The Kier molecular flexibility index (Phi) is 3.53. The zero-order chi connectivity index (χ0) is 11.6. The summed E-state index contributed by atoms with van der Waals surface area (Å²) in [4.78, 5) is 0. The molecule has 0 aliphatic rings. The van der Waals surface area contributed by atoms with Gasteiger partial charge in [0.2, 0.25) is 0 Å². The number of rotatable bonds is 3. The van der Waals surface area contributed by atoms with Gasteiger partial charge in [0, 0.05) is 12.0 Å². The minimum atomic E-state index is -0.498. The van der Waals surface area contributed by atoms with Crippen molar-refractivity contribution in [3.8, 4) is 0 Å². The van der Waals surface area contributed by atoms with Crippen molar-refractivity contribution in [2.75, 3.05) is 6.54 Å². The van der Waals surface area contributed by atoms with Gasteiger partial charge in [-0.05, 0) is 30.5 Å². The second kappa shape index (κ2) is 4.33. The molecule has 0 fully saturated rings. The third kappa shape index (κ3) is 2.58. The Morgan fingerprint density at radius 2 is 1.87 bits per heavy atom. The van der Waals surface area contributed by atoms with Crippen LogP contribution >= 0.6 is 0 Å². The zero-order valence-electron chi connectivity index (χ0n) is 10.0. The second-order valence-electron chi connectivity index (χ2n) is 4.94. The molecule has 0 aliphatic carbocycles. The lowest BCUT2D eigenvalue weighted by molar-refractivity contribution is 0.0555. The number of nitrogens with two attached hydrogens (primary N) is 1. The molecule has 3 N–H and O–H groups in total. The van der Waals surface area contributed by atoms with E-state index in [0.29, 0.717) is 6.54 Å². The fourth-order valence-electron chi connectivity index (χ4n) is 1.50. The second-order valence-corrected chi connectivity index (χ2v) is 4.94. The van der Waals surface area contributed by atoms with Gasteiger partial charge in [-0.15, -0.1) is 0 Å². The summed E-state index contributed by atoms with van der Waals surface area (Å²) >= 11 is 0. The standard InChI is InChI=1S/C13H21NO/c1-9-5-6-11(7-10(9)2)12(15)13(3,4)8-14/h5-7,12,15H,8,14H2,1-4H3. The van der Waals surface area contributed by atoms with Gasteiger partial charge in [-0.3, -0.25) is 0 Å². The van der Waals surface area contributed by atoms with Crippen LogP contribution in [0.25, 0.3) is 0 Å². The lowest BCUT2D eigenvalue weighted by atomic mass is 9.82. The quantitative estimate of drug-likeness (QED) is 0.799. The average molecular weight is 207 g/mol. The highest BCUT2D eigenvalue weighted by Gasteiger charge is 2.27. The minimum Gasteiger partial charge on any atom is -0.388 e. The van der Waals surface area contributed by atoms with Crippen LogP contribution in [0.5, 0.6) is 0 Å². The number of benzene rings is 1. The van der Waals surface area contributed by atoms with Gasteiger partial charge in [0.25, 0.3) is 0 Å². The first-order valence-electron chi connectivity index (χ1n) is 5.34. The van der Waals surface area contributed by atoms with Crippen LogP contribution < -0.4 is 5.73 Å². The first-order chi connectivity index (χ1) is 6.88. The van der Waals surface area contributed by atoms with Crippen LogP contribution in [0.4, 0.5) is 0 Å². The highest BCUT2D eigenvalue weighted by Crippen LogP contribution is 2.32. The van der Waals surface area contributed by atoms with Gasteiger partial charge in [-0.1, -0.05) is 32.0 Å². The fourth-order valence-corrected chi connectivity index (χ4v) is 1.50. The maximum absolute atomic E-state index is 10.2. The maximum Gasteiger partial charge on any atom is 0.0853 e. The van der Waals surface area contributed by atoms with Gasteiger partial charge < -0.3 is 10.8 Å². The van der Waals surface area contributed by atoms with Crippen LogP contribution in [0.3, 0.4) is 0 Å². The number of hydrogen-bond donors (Lipinski definition) is 2. The van der Waals surface area contributed by atoms with Crippen molar-refractivity contribution in [2.24, 2.45) is 11.1 Å². The monoisotopic (exact) mass is 207 g/mol. The molecule has 15 heavy (non-hydrogen) atoms. The predicted octanol–water partition coefficient (Wildman–Crippen LogP) is 2.32. The van der Waals surface area contributed by atoms with E-state index in [2.05, 4.69) is 13.8 Å². The molecule has 1 atom stereocenters. The van der Waals surface area contributed by atoms with Gasteiger partial charge in [-0.25, -0.2) is 0 Å². The molecule has 1 aromatic carbocycles. The number of aryl methyl sites for hydroxylation is 2. The number of aliphatic hydroxyl groups is 1. The van der Waals surface area contributed by atoms with E-state index >= 15 is 0 Å². The molecule has 0 amide bonds. The molecule has 1 unspecified atom stereocenters. The van der Waals surface area contributed by atoms with Gasteiger partial charge in [0.05, 0.1) is 6.10 Å². The van der Waals surface area contributed by atoms with Crippen molar-refractivity contribution in [2.45, 2.75) is 33.8 Å². The molecule has 0 saturated carbocycles. The third-order valence-electron chi connectivity index (χ3n) is 3.11. The largest absolute Gasteiger partial charge is 0.388 e. The van der Waals surface area contributed by atoms with Crippen LogP contribution in [-0.4, -0.2) is 11.7 Å². The summed E-state index contributed by atoms with van der Waals surface area (Å²) in [5.74, 6) is 0. The van der Waals surface area contributed by atoms with Crippen LogP contribution in [-0.2, 0) is 0 Å². The van der Waals surface area contributed by atoms with Gasteiger partial charge >= 0.3 is 0 Å². The minimum absolute atomic E-state index is 0.276. The molecular weight excluding hydrogens is 186 g/mol. The summed E-state index contributed by atoms with van der Waals surface area (Å²) in [7, 11) is 0. The molecule has 0 spiro atoms.